The molecule has 1 heterocycles. The van der Waals surface area contributed by atoms with Crippen molar-refractivity contribution >= 4 is 11.8 Å². The second-order valence-electron chi connectivity index (χ2n) is 7.85. The Labute approximate surface area is 161 Å². The molecule has 0 bridgehead atoms. The molecule has 3 N–H and O–H groups in total. The van der Waals surface area contributed by atoms with Crippen molar-refractivity contribution in [2.24, 2.45) is 11.7 Å². The topological polar surface area (TPSA) is 84.7 Å². The monoisotopic (exact) mass is 373 g/mol. The number of piperidine rings is 1. The van der Waals surface area contributed by atoms with Gasteiger partial charge >= 0.3 is 0 Å². The van der Waals surface area contributed by atoms with E-state index in [2.05, 4.69) is 5.32 Å². The maximum absolute atomic E-state index is 12.8. The van der Waals surface area contributed by atoms with Crippen molar-refractivity contribution < 1.29 is 14.3 Å². The minimum atomic E-state index is -0.679. The van der Waals surface area contributed by atoms with Crippen molar-refractivity contribution in [1.29, 1.82) is 0 Å². The quantitative estimate of drug-likeness (QED) is 0.829. The van der Waals surface area contributed by atoms with Gasteiger partial charge in [-0.05, 0) is 43.4 Å². The zero-order valence-corrected chi connectivity index (χ0v) is 16.2. The van der Waals surface area contributed by atoms with Gasteiger partial charge in [-0.1, -0.05) is 31.4 Å². The Morgan fingerprint density at radius 3 is 2.37 bits per heavy atom. The summed E-state index contributed by atoms with van der Waals surface area (Å²) in [6.45, 7) is 1.75. The third-order valence-electron chi connectivity index (χ3n) is 5.95. The summed E-state index contributed by atoms with van der Waals surface area (Å²) in [7, 11) is 1.63. The molecule has 1 aliphatic carbocycles. The van der Waals surface area contributed by atoms with Gasteiger partial charge in [0, 0.05) is 25.6 Å². The number of hydrogen-bond donors (Lipinski definition) is 2. The predicted molar refractivity (Wildman–Crippen MR) is 104 cm³/mol. The van der Waals surface area contributed by atoms with Crippen LogP contribution in [-0.2, 0) is 16.1 Å². The molecule has 2 fully saturated rings. The second-order valence-corrected chi connectivity index (χ2v) is 7.85. The Balaban J connectivity index is 1.45. The molecule has 6 nitrogen and oxygen atoms in total. The summed E-state index contributed by atoms with van der Waals surface area (Å²) in [4.78, 5) is 27.1. The number of carbonyl (C=O) groups is 2. The van der Waals surface area contributed by atoms with Gasteiger partial charge in [-0.3, -0.25) is 9.59 Å². The lowest BCUT2D eigenvalue weighted by Gasteiger charge is -2.39. The predicted octanol–water partition coefficient (Wildman–Crippen LogP) is 2.21. The summed E-state index contributed by atoms with van der Waals surface area (Å²) >= 11 is 0. The highest BCUT2D eigenvalue weighted by Gasteiger charge is 2.39. The Kier molecular flexibility index (Phi) is 6.37. The minimum absolute atomic E-state index is 0.0348. The number of benzene rings is 1. The normalized spacial score (nSPS) is 20.1. The third kappa shape index (κ3) is 4.80. The average Bonchev–Trinajstić information content (AvgIpc) is 2.72. The van der Waals surface area contributed by atoms with Gasteiger partial charge in [0.2, 0.25) is 11.8 Å². The first-order valence-corrected chi connectivity index (χ1v) is 10.0. The molecule has 0 unspecified atom stereocenters. The van der Waals surface area contributed by atoms with Crippen LogP contribution in [-0.4, -0.2) is 42.5 Å². The van der Waals surface area contributed by atoms with Gasteiger partial charge in [-0.2, -0.15) is 0 Å². The van der Waals surface area contributed by atoms with Crippen molar-refractivity contribution in [3.8, 4) is 5.75 Å². The van der Waals surface area contributed by atoms with Crippen molar-refractivity contribution in [3.05, 3.63) is 29.8 Å². The first-order chi connectivity index (χ1) is 13.0. The maximum atomic E-state index is 12.8. The Morgan fingerprint density at radius 2 is 1.78 bits per heavy atom. The van der Waals surface area contributed by atoms with Crippen LogP contribution < -0.4 is 15.8 Å². The Hall–Kier alpha value is -2.08. The highest BCUT2D eigenvalue weighted by Crippen LogP contribution is 2.29. The molecule has 1 saturated carbocycles. The number of carbonyl (C=O) groups excluding carboxylic acids is 2. The van der Waals surface area contributed by atoms with Crippen LogP contribution in [0.25, 0.3) is 0 Å². The Bertz CT molecular complexity index is 645. The lowest BCUT2D eigenvalue weighted by Crippen LogP contribution is -2.58. The van der Waals surface area contributed by atoms with Gasteiger partial charge in [-0.25, -0.2) is 0 Å². The number of likely N-dealkylation sites (tertiary alicyclic amines) is 1. The largest absolute Gasteiger partial charge is 0.497 e. The van der Waals surface area contributed by atoms with E-state index in [4.69, 9.17) is 10.5 Å². The van der Waals surface area contributed by atoms with Crippen molar-refractivity contribution in [2.75, 3.05) is 20.2 Å². The summed E-state index contributed by atoms with van der Waals surface area (Å²) in [5.74, 6) is 0.919. The van der Waals surface area contributed by atoms with Crippen LogP contribution in [0.15, 0.2) is 24.3 Å². The number of ether oxygens (including phenoxy) is 1. The molecule has 27 heavy (non-hydrogen) atoms. The minimum Gasteiger partial charge on any atom is -0.497 e. The summed E-state index contributed by atoms with van der Waals surface area (Å²) in [6, 6.07) is 7.68. The van der Waals surface area contributed by atoms with Crippen LogP contribution in [0.1, 0.15) is 50.5 Å². The second kappa shape index (κ2) is 8.74. The fourth-order valence-corrected chi connectivity index (χ4v) is 4.13. The van der Waals surface area contributed by atoms with Crippen LogP contribution in [0.3, 0.4) is 0 Å². The molecule has 2 amide bonds. The van der Waals surface area contributed by atoms with Crippen LogP contribution in [0, 0.1) is 5.92 Å². The highest BCUT2D eigenvalue weighted by molar-refractivity contribution is 5.86. The molecule has 1 aromatic rings. The SMILES string of the molecule is COc1ccc(CNC(=O)C2CCN(C(=O)C3(N)CCCCC3)CC2)cc1. The first-order valence-electron chi connectivity index (χ1n) is 10.0. The molecular formula is C21H31N3O3. The number of rotatable bonds is 5. The van der Waals surface area contributed by atoms with Crippen LogP contribution >= 0.6 is 0 Å². The van der Waals surface area contributed by atoms with E-state index in [-0.39, 0.29) is 17.7 Å². The number of nitrogens with one attached hydrogen (secondary N) is 1. The molecule has 1 saturated heterocycles. The molecular weight excluding hydrogens is 342 g/mol. The van der Waals surface area contributed by atoms with Crippen molar-refractivity contribution in [1.82, 2.24) is 10.2 Å². The number of hydrogen-bond acceptors (Lipinski definition) is 4. The number of nitrogens with zero attached hydrogens (tertiary/aromatic N) is 1. The van der Waals surface area contributed by atoms with Crippen LogP contribution in [0.2, 0.25) is 0 Å². The van der Waals surface area contributed by atoms with E-state index in [9.17, 15) is 9.59 Å². The smallest absolute Gasteiger partial charge is 0.242 e. The van der Waals surface area contributed by atoms with E-state index in [1.54, 1.807) is 7.11 Å². The zero-order chi connectivity index (χ0) is 19.3. The van der Waals surface area contributed by atoms with Crippen LogP contribution in [0.5, 0.6) is 5.75 Å². The van der Waals surface area contributed by atoms with Gasteiger partial charge in [0.15, 0.2) is 0 Å². The molecule has 6 heteroatoms. The molecule has 0 radical (unpaired) electrons. The highest BCUT2D eigenvalue weighted by atomic mass is 16.5. The zero-order valence-electron chi connectivity index (χ0n) is 16.2. The fourth-order valence-electron chi connectivity index (χ4n) is 4.13. The molecule has 1 aromatic carbocycles. The lowest BCUT2D eigenvalue weighted by molar-refractivity contribution is -0.141. The van der Waals surface area contributed by atoms with E-state index in [1.165, 1.54) is 6.42 Å². The molecule has 0 aromatic heterocycles. The third-order valence-corrected chi connectivity index (χ3v) is 5.95. The molecule has 1 aliphatic heterocycles. The van der Waals surface area contributed by atoms with E-state index < -0.39 is 5.54 Å². The van der Waals surface area contributed by atoms with E-state index in [0.717, 1.165) is 37.0 Å². The van der Waals surface area contributed by atoms with Gasteiger partial charge in [0.25, 0.3) is 0 Å². The van der Waals surface area contributed by atoms with Gasteiger partial charge < -0.3 is 20.7 Å². The van der Waals surface area contributed by atoms with Gasteiger partial charge in [0.05, 0.1) is 12.6 Å². The van der Waals surface area contributed by atoms with Gasteiger partial charge in [-0.15, -0.1) is 0 Å². The molecule has 3 rings (SSSR count). The first kappa shape index (κ1) is 19.7. The fraction of sp³-hybridized carbons (Fsp3) is 0.619. The van der Waals surface area contributed by atoms with E-state index in [1.807, 2.05) is 29.2 Å². The molecule has 0 spiro atoms. The molecule has 0 atom stereocenters. The number of methoxy groups -OCH3 is 1. The van der Waals surface area contributed by atoms with E-state index in [0.29, 0.717) is 32.5 Å². The van der Waals surface area contributed by atoms with Crippen LogP contribution in [0.4, 0.5) is 0 Å². The summed E-state index contributed by atoms with van der Waals surface area (Å²) in [5.41, 5.74) is 6.74. The molecule has 2 aliphatic rings. The van der Waals surface area contributed by atoms with E-state index >= 15 is 0 Å². The Morgan fingerprint density at radius 1 is 1.15 bits per heavy atom. The summed E-state index contributed by atoms with van der Waals surface area (Å²) in [6.07, 6.45) is 6.22. The summed E-state index contributed by atoms with van der Waals surface area (Å²) < 4.78 is 5.14. The number of amides is 2. The lowest BCUT2D eigenvalue weighted by atomic mass is 9.81. The van der Waals surface area contributed by atoms with Crippen molar-refractivity contribution in [2.45, 2.75) is 57.0 Å². The van der Waals surface area contributed by atoms with Crippen molar-refractivity contribution in [3.63, 3.8) is 0 Å². The summed E-state index contributed by atoms with van der Waals surface area (Å²) in [5, 5.41) is 3.01. The molecule has 148 valence electrons. The standard InChI is InChI=1S/C21H31N3O3/c1-27-18-7-5-16(6-8-18)15-23-19(25)17-9-13-24(14-10-17)20(26)21(22)11-3-2-4-12-21/h5-8,17H,2-4,9-15,22H2,1H3,(H,23,25). The number of nitrogens with two attached hydrogens (primary N) is 1. The average molecular weight is 373 g/mol. The maximum Gasteiger partial charge on any atom is 0.242 e. The van der Waals surface area contributed by atoms with Gasteiger partial charge in [0.1, 0.15) is 5.75 Å².